The molecule has 0 aliphatic heterocycles. The van der Waals surface area contributed by atoms with Crippen LogP contribution in [0.1, 0.15) is 20.7 Å². The van der Waals surface area contributed by atoms with Gasteiger partial charge in [0.1, 0.15) is 0 Å². The van der Waals surface area contributed by atoms with Crippen LogP contribution in [0.25, 0.3) is 11.0 Å². The standard InChI is InChI=1S/C18H17N4O5P/c1-28-17(25)12-5-6-15-14(10-12)19-18(21(15)7-8-23)20-16(24)11-3-2-4-13(9-11)22(26)27/h2-6,9-10,23,28H,7-8H2,1H3,(H,19,20,24). The van der Waals surface area contributed by atoms with Crippen molar-refractivity contribution in [3.8, 4) is 0 Å². The predicted molar refractivity (Wildman–Crippen MR) is 106 cm³/mol. The summed E-state index contributed by atoms with van der Waals surface area (Å²) in [5.41, 5.74) is 1.60. The van der Waals surface area contributed by atoms with Crippen LogP contribution < -0.4 is 5.32 Å². The molecule has 0 spiro atoms. The first-order valence-electron chi connectivity index (χ1n) is 8.33. The molecule has 28 heavy (non-hydrogen) atoms. The van der Waals surface area contributed by atoms with Crippen molar-refractivity contribution < 1.29 is 19.6 Å². The first-order valence-corrected chi connectivity index (χ1v) is 9.83. The van der Waals surface area contributed by atoms with E-state index in [0.717, 1.165) is 0 Å². The third-order valence-electron chi connectivity index (χ3n) is 4.11. The van der Waals surface area contributed by atoms with Crippen molar-refractivity contribution in [1.29, 1.82) is 0 Å². The van der Waals surface area contributed by atoms with Crippen molar-refractivity contribution in [2.24, 2.45) is 0 Å². The van der Waals surface area contributed by atoms with E-state index in [9.17, 15) is 24.8 Å². The molecule has 0 bridgehead atoms. The molecule has 1 unspecified atom stereocenters. The van der Waals surface area contributed by atoms with Crippen LogP contribution in [0.4, 0.5) is 11.6 Å². The Labute approximate surface area is 161 Å². The largest absolute Gasteiger partial charge is 0.395 e. The van der Waals surface area contributed by atoms with Crippen LogP contribution in [0.2, 0.25) is 0 Å². The lowest BCUT2D eigenvalue weighted by Crippen LogP contribution is -2.17. The van der Waals surface area contributed by atoms with Crippen LogP contribution in [0.15, 0.2) is 42.5 Å². The summed E-state index contributed by atoms with van der Waals surface area (Å²) >= 11 is 0. The number of carbonyl (C=O) groups excluding carboxylic acids is 2. The Morgan fingerprint density at radius 2 is 2.04 bits per heavy atom. The minimum Gasteiger partial charge on any atom is -0.395 e. The van der Waals surface area contributed by atoms with Crippen molar-refractivity contribution in [1.82, 2.24) is 9.55 Å². The molecule has 0 saturated carbocycles. The Balaban J connectivity index is 1.98. The number of carbonyl (C=O) groups is 2. The monoisotopic (exact) mass is 400 g/mol. The highest BCUT2D eigenvalue weighted by Crippen LogP contribution is 2.24. The zero-order valence-corrected chi connectivity index (χ0v) is 15.9. The van der Waals surface area contributed by atoms with Gasteiger partial charge < -0.3 is 9.67 Å². The highest BCUT2D eigenvalue weighted by atomic mass is 31.1. The van der Waals surface area contributed by atoms with Gasteiger partial charge in [0, 0.05) is 29.8 Å². The van der Waals surface area contributed by atoms with Gasteiger partial charge >= 0.3 is 0 Å². The van der Waals surface area contributed by atoms with Gasteiger partial charge in [-0.2, -0.15) is 0 Å². The van der Waals surface area contributed by atoms with Crippen LogP contribution in [-0.2, 0) is 6.54 Å². The van der Waals surface area contributed by atoms with Crippen molar-refractivity contribution in [2.45, 2.75) is 6.54 Å². The van der Waals surface area contributed by atoms with Crippen LogP contribution in [0, 0.1) is 10.1 Å². The Morgan fingerprint density at radius 1 is 1.25 bits per heavy atom. The number of nitrogens with one attached hydrogen (secondary N) is 1. The summed E-state index contributed by atoms with van der Waals surface area (Å²) in [6.45, 7) is 1.80. The molecule has 1 heterocycles. The summed E-state index contributed by atoms with van der Waals surface area (Å²) < 4.78 is 1.62. The van der Waals surface area contributed by atoms with Crippen LogP contribution in [-0.4, -0.2) is 44.3 Å². The van der Waals surface area contributed by atoms with E-state index >= 15 is 0 Å². The number of amides is 1. The number of fused-ring (bicyclic) bond motifs is 1. The molecule has 0 aliphatic rings. The van der Waals surface area contributed by atoms with Gasteiger partial charge in [-0.05, 0) is 39.5 Å². The minimum absolute atomic E-state index is 0.000730. The van der Waals surface area contributed by atoms with E-state index in [-0.39, 0.29) is 44.5 Å². The van der Waals surface area contributed by atoms with Gasteiger partial charge in [-0.3, -0.25) is 25.0 Å². The molecule has 0 fully saturated rings. The molecule has 2 aromatic carbocycles. The summed E-state index contributed by atoms with van der Waals surface area (Å²) in [6, 6.07) is 10.4. The zero-order valence-electron chi connectivity index (χ0n) is 14.9. The van der Waals surface area contributed by atoms with Gasteiger partial charge in [-0.15, -0.1) is 0 Å². The van der Waals surface area contributed by atoms with Crippen LogP contribution in [0.3, 0.4) is 0 Å². The van der Waals surface area contributed by atoms with Crippen molar-refractivity contribution >= 4 is 42.7 Å². The first kappa shape index (κ1) is 19.6. The third kappa shape index (κ3) is 3.90. The van der Waals surface area contributed by atoms with E-state index < -0.39 is 10.8 Å². The summed E-state index contributed by atoms with van der Waals surface area (Å²) in [5.74, 6) is -0.381. The van der Waals surface area contributed by atoms with Gasteiger partial charge in [-0.25, -0.2) is 4.98 Å². The van der Waals surface area contributed by atoms with E-state index in [4.69, 9.17) is 0 Å². The van der Waals surface area contributed by atoms with Crippen LogP contribution >= 0.6 is 8.58 Å². The SMILES string of the molecule is CPC(=O)c1ccc2c(c1)nc(NC(=O)c1cccc([N+](=O)[O-])c1)n2CCO. The fourth-order valence-electron chi connectivity index (χ4n) is 2.77. The number of nitro benzene ring substituents is 1. The van der Waals surface area contributed by atoms with Gasteiger partial charge in [0.2, 0.25) is 5.95 Å². The number of non-ortho nitro benzene ring substituents is 1. The molecule has 3 rings (SSSR count). The number of hydrogen-bond donors (Lipinski definition) is 2. The second-order valence-corrected chi connectivity index (χ2v) is 6.81. The van der Waals surface area contributed by atoms with E-state index in [1.165, 1.54) is 24.3 Å². The molecule has 1 atom stereocenters. The number of aliphatic hydroxyl groups excluding tert-OH is 1. The Bertz CT molecular complexity index is 1080. The lowest BCUT2D eigenvalue weighted by Gasteiger charge is -2.08. The first-order chi connectivity index (χ1) is 13.4. The average molecular weight is 400 g/mol. The Morgan fingerprint density at radius 3 is 2.71 bits per heavy atom. The molecule has 3 aromatic rings. The van der Waals surface area contributed by atoms with Gasteiger partial charge in [0.25, 0.3) is 11.6 Å². The molecule has 144 valence electrons. The second-order valence-electron chi connectivity index (χ2n) is 5.85. The van der Waals surface area contributed by atoms with Crippen LogP contribution in [0.5, 0.6) is 0 Å². The molecule has 1 aromatic heterocycles. The highest BCUT2D eigenvalue weighted by molar-refractivity contribution is 7.58. The maximum Gasteiger partial charge on any atom is 0.270 e. The lowest BCUT2D eigenvalue weighted by molar-refractivity contribution is -0.384. The normalized spacial score (nSPS) is 11.2. The minimum atomic E-state index is -0.579. The van der Waals surface area contributed by atoms with E-state index in [1.807, 2.05) is 0 Å². The maximum atomic E-state index is 12.5. The molecular formula is C18H17N4O5P. The number of nitrogens with zero attached hydrogens (tertiary/aromatic N) is 3. The van der Waals surface area contributed by atoms with Crippen molar-refractivity contribution in [3.63, 3.8) is 0 Å². The number of nitro groups is 1. The molecule has 0 saturated heterocycles. The molecule has 0 aliphatic carbocycles. The number of aromatic nitrogens is 2. The number of aliphatic hydroxyl groups is 1. The summed E-state index contributed by atoms with van der Waals surface area (Å²) in [5, 5.41) is 22.9. The quantitative estimate of drug-likeness (QED) is 0.357. The summed E-state index contributed by atoms with van der Waals surface area (Å²) in [6.07, 6.45) is 0. The van der Waals surface area contributed by atoms with Gasteiger partial charge in [0.15, 0.2) is 5.52 Å². The molecular weight excluding hydrogens is 383 g/mol. The van der Waals surface area contributed by atoms with Gasteiger partial charge in [-0.1, -0.05) is 6.07 Å². The van der Waals surface area contributed by atoms with E-state index in [0.29, 0.717) is 16.6 Å². The fourth-order valence-corrected chi connectivity index (χ4v) is 3.22. The average Bonchev–Trinajstić information content (AvgIpc) is 3.04. The lowest BCUT2D eigenvalue weighted by atomic mass is 10.2. The number of anilines is 1. The molecule has 2 N–H and O–H groups in total. The molecule has 9 nitrogen and oxygen atoms in total. The van der Waals surface area contributed by atoms with Crippen molar-refractivity contribution in [3.05, 3.63) is 63.7 Å². The summed E-state index contributed by atoms with van der Waals surface area (Å²) in [4.78, 5) is 39.2. The number of rotatable bonds is 7. The number of benzene rings is 2. The zero-order chi connectivity index (χ0) is 20.3. The maximum absolute atomic E-state index is 12.5. The second kappa shape index (κ2) is 8.24. The molecule has 1 amide bonds. The van der Waals surface area contributed by atoms with Crippen molar-refractivity contribution in [2.75, 3.05) is 18.6 Å². The number of imidazole rings is 1. The highest BCUT2D eigenvalue weighted by Gasteiger charge is 2.17. The number of hydrogen-bond acceptors (Lipinski definition) is 6. The molecule has 10 heteroatoms. The predicted octanol–water partition coefficient (Wildman–Crippen LogP) is 2.64. The van der Waals surface area contributed by atoms with Gasteiger partial charge in [0.05, 0.1) is 22.6 Å². The summed E-state index contributed by atoms with van der Waals surface area (Å²) in [7, 11) is 0.120. The fraction of sp³-hybridized carbons (Fsp3) is 0.167. The third-order valence-corrected chi connectivity index (χ3v) is 4.85. The van der Waals surface area contributed by atoms with E-state index in [1.54, 1.807) is 29.4 Å². The molecule has 0 radical (unpaired) electrons. The smallest absolute Gasteiger partial charge is 0.270 e. The topological polar surface area (TPSA) is 127 Å². The Kier molecular flexibility index (Phi) is 5.77. The Hall–Kier alpha value is -3.16. The van der Waals surface area contributed by atoms with E-state index in [2.05, 4.69) is 10.3 Å².